The standard InChI is InChI=1S/C7H12INO/c1-2-4-9-5-3-6(8)7(9)10/h6H,2-5H2,1H3. The fourth-order valence-electron chi connectivity index (χ4n) is 1.19. The fraction of sp³-hybridized carbons (Fsp3) is 0.857. The van der Waals surface area contributed by atoms with Crippen LogP contribution in [0.3, 0.4) is 0 Å². The SMILES string of the molecule is CCCN1CCC(I)C1=O. The Hall–Kier alpha value is 0.200. The van der Waals surface area contributed by atoms with Crippen LogP contribution in [0.25, 0.3) is 0 Å². The molecule has 1 saturated heterocycles. The molecule has 1 atom stereocenters. The van der Waals surface area contributed by atoms with Crippen molar-refractivity contribution in [1.82, 2.24) is 4.90 Å². The van der Waals surface area contributed by atoms with E-state index in [-0.39, 0.29) is 3.92 Å². The number of alkyl halides is 1. The van der Waals surface area contributed by atoms with Gasteiger partial charge in [-0.3, -0.25) is 4.79 Å². The predicted octanol–water partition coefficient (Wildman–Crippen LogP) is 1.43. The van der Waals surface area contributed by atoms with Crippen LogP contribution in [-0.2, 0) is 4.79 Å². The van der Waals surface area contributed by atoms with E-state index >= 15 is 0 Å². The van der Waals surface area contributed by atoms with Crippen molar-refractivity contribution in [2.24, 2.45) is 0 Å². The number of hydrogen-bond acceptors (Lipinski definition) is 1. The third-order valence-corrected chi connectivity index (χ3v) is 2.88. The zero-order valence-corrected chi connectivity index (χ0v) is 8.30. The second-order valence-corrected chi connectivity index (χ2v) is 4.09. The normalized spacial score (nSPS) is 26.0. The van der Waals surface area contributed by atoms with Crippen LogP contribution >= 0.6 is 22.6 Å². The van der Waals surface area contributed by atoms with Crippen LogP contribution in [0.15, 0.2) is 0 Å². The summed E-state index contributed by atoms with van der Waals surface area (Å²) in [4.78, 5) is 13.2. The molecule has 1 heterocycles. The average molecular weight is 253 g/mol. The highest BCUT2D eigenvalue weighted by Gasteiger charge is 2.27. The molecular weight excluding hydrogens is 241 g/mol. The second-order valence-electron chi connectivity index (χ2n) is 2.58. The zero-order chi connectivity index (χ0) is 7.56. The van der Waals surface area contributed by atoms with Gasteiger partial charge in [0.1, 0.15) is 0 Å². The highest BCUT2D eigenvalue weighted by atomic mass is 127. The summed E-state index contributed by atoms with van der Waals surface area (Å²) in [7, 11) is 0. The number of nitrogens with zero attached hydrogens (tertiary/aromatic N) is 1. The average Bonchev–Trinajstić information content (AvgIpc) is 2.20. The van der Waals surface area contributed by atoms with Gasteiger partial charge >= 0.3 is 0 Å². The molecule has 0 spiro atoms. The first-order valence-corrected chi connectivity index (χ1v) is 4.93. The molecule has 0 aromatic rings. The molecule has 1 aliphatic heterocycles. The smallest absolute Gasteiger partial charge is 0.235 e. The Morgan fingerprint density at radius 2 is 2.50 bits per heavy atom. The molecule has 0 aliphatic carbocycles. The fourth-order valence-corrected chi connectivity index (χ4v) is 1.87. The summed E-state index contributed by atoms with van der Waals surface area (Å²) in [5.74, 6) is 0.336. The van der Waals surface area contributed by atoms with Crippen LogP contribution in [0, 0.1) is 0 Å². The minimum Gasteiger partial charge on any atom is -0.342 e. The molecule has 0 aromatic heterocycles. The summed E-state index contributed by atoms with van der Waals surface area (Å²) >= 11 is 2.22. The van der Waals surface area contributed by atoms with Crippen molar-refractivity contribution in [2.45, 2.75) is 23.7 Å². The van der Waals surface area contributed by atoms with Gasteiger partial charge < -0.3 is 4.90 Å². The molecule has 10 heavy (non-hydrogen) atoms. The van der Waals surface area contributed by atoms with Gasteiger partial charge in [0, 0.05) is 13.1 Å². The molecule has 0 bridgehead atoms. The van der Waals surface area contributed by atoms with Crippen LogP contribution in [-0.4, -0.2) is 27.8 Å². The summed E-state index contributed by atoms with van der Waals surface area (Å²) in [6.45, 7) is 4.02. The summed E-state index contributed by atoms with van der Waals surface area (Å²) in [6, 6.07) is 0. The van der Waals surface area contributed by atoms with Crippen LogP contribution in [0.2, 0.25) is 0 Å². The first-order chi connectivity index (χ1) is 4.75. The lowest BCUT2D eigenvalue weighted by atomic mass is 10.4. The number of rotatable bonds is 2. The molecule has 1 amide bonds. The Balaban J connectivity index is 2.41. The van der Waals surface area contributed by atoms with Crippen LogP contribution in [0.5, 0.6) is 0 Å². The molecule has 1 fully saturated rings. The zero-order valence-electron chi connectivity index (χ0n) is 6.14. The van der Waals surface area contributed by atoms with E-state index in [4.69, 9.17) is 0 Å². The lowest BCUT2D eigenvalue weighted by Gasteiger charge is -2.13. The number of amides is 1. The van der Waals surface area contributed by atoms with Crippen LogP contribution < -0.4 is 0 Å². The summed E-state index contributed by atoms with van der Waals surface area (Å²) < 4.78 is 0.254. The molecule has 0 radical (unpaired) electrons. The number of halogens is 1. The Morgan fingerprint density at radius 1 is 1.80 bits per heavy atom. The van der Waals surface area contributed by atoms with Crippen molar-refractivity contribution in [3.05, 3.63) is 0 Å². The molecule has 2 nitrogen and oxygen atoms in total. The van der Waals surface area contributed by atoms with Crippen molar-refractivity contribution in [3.63, 3.8) is 0 Å². The van der Waals surface area contributed by atoms with E-state index in [1.54, 1.807) is 0 Å². The summed E-state index contributed by atoms with van der Waals surface area (Å²) in [5, 5.41) is 0. The second kappa shape index (κ2) is 3.55. The van der Waals surface area contributed by atoms with Gasteiger partial charge in [0.2, 0.25) is 5.91 Å². The lowest BCUT2D eigenvalue weighted by molar-refractivity contribution is -0.127. The van der Waals surface area contributed by atoms with Crippen LogP contribution in [0.4, 0.5) is 0 Å². The van der Waals surface area contributed by atoms with Gasteiger partial charge in [0.15, 0.2) is 0 Å². The quantitative estimate of drug-likeness (QED) is 0.538. The molecule has 1 unspecified atom stereocenters. The van der Waals surface area contributed by atoms with Gasteiger partial charge in [0.05, 0.1) is 3.92 Å². The predicted molar refractivity (Wildman–Crippen MR) is 49.3 cm³/mol. The number of likely N-dealkylation sites (tertiary alicyclic amines) is 1. The van der Waals surface area contributed by atoms with E-state index in [1.807, 2.05) is 4.90 Å². The highest BCUT2D eigenvalue weighted by molar-refractivity contribution is 14.1. The maximum atomic E-state index is 11.2. The molecule has 0 saturated carbocycles. The lowest BCUT2D eigenvalue weighted by Crippen LogP contribution is -2.27. The van der Waals surface area contributed by atoms with Gasteiger partial charge in [0.25, 0.3) is 0 Å². The first kappa shape index (κ1) is 8.30. The van der Waals surface area contributed by atoms with Gasteiger partial charge in [-0.05, 0) is 12.8 Å². The van der Waals surface area contributed by atoms with E-state index in [1.165, 1.54) is 0 Å². The Kier molecular flexibility index (Phi) is 2.95. The monoisotopic (exact) mass is 253 g/mol. The first-order valence-electron chi connectivity index (χ1n) is 3.68. The number of carbonyl (C=O) groups excluding carboxylic acids is 1. The molecule has 3 heteroatoms. The van der Waals surface area contributed by atoms with E-state index in [0.717, 1.165) is 25.9 Å². The third kappa shape index (κ3) is 1.62. The summed E-state index contributed by atoms with van der Waals surface area (Å²) in [5.41, 5.74) is 0. The molecule has 0 N–H and O–H groups in total. The van der Waals surface area contributed by atoms with Gasteiger partial charge in [-0.15, -0.1) is 0 Å². The third-order valence-electron chi connectivity index (χ3n) is 1.73. The maximum absolute atomic E-state index is 11.2. The van der Waals surface area contributed by atoms with E-state index in [9.17, 15) is 4.79 Å². The van der Waals surface area contributed by atoms with E-state index in [0.29, 0.717) is 5.91 Å². The molecule has 1 aliphatic rings. The Morgan fingerprint density at radius 3 is 2.90 bits per heavy atom. The van der Waals surface area contributed by atoms with Crippen molar-refractivity contribution in [3.8, 4) is 0 Å². The van der Waals surface area contributed by atoms with Crippen molar-refractivity contribution < 1.29 is 4.79 Å². The molecule has 1 rings (SSSR count). The molecule has 0 aromatic carbocycles. The Bertz CT molecular complexity index is 136. The van der Waals surface area contributed by atoms with Crippen molar-refractivity contribution in [1.29, 1.82) is 0 Å². The van der Waals surface area contributed by atoms with Crippen LogP contribution in [0.1, 0.15) is 19.8 Å². The van der Waals surface area contributed by atoms with E-state index in [2.05, 4.69) is 29.5 Å². The molecular formula is C7H12INO. The van der Waals surface area contributed by atoms with Crippen molar-refractivity contribution in [2.75, 3.05) is 13.1 Å². The maximum Gasteiger partial charge on any atom is 0.235 e. The topological polar surface area (TPSA) is 20.3 Å². The van der Waals surface area contributed by atoms with E-state index < -0.39 is 0 Å². The minimum absolute atomic E-state index is 0.254. The molecule has 58 valence electrons. The van der Waals surface area contributed by atoms with Gasteiger partial charge in [-0.2, -0.15) is 0 Å². The Labute approximate surface area is 75.1 Å². The summed E-state index contributed by atoms with van der Waals surface area (Å²) in [6.07, 6.45) is 2.12. The number of hydrogen-bond donors (Lipinski definition) is 0. The number of carbonyl (C=O) groups is 1. The van der Waals surface area contributed by atoms with Gasteiger partial charge in [-0.1, -0.05) is 29.5 Å². The largest absolute Gasteiger partial charge is 0.342 e. The minimum atomic E-state index is 0.254. The van der Waals surface area contributed by atoms with Gasteiger partial charge in [-0.25, -0.2) is 0 Å². The highest BCUT2D eigenvalue weighted by Crippen LogP contribution is 2.18. The van der Waals surface area contributed by atoms with Crippen molar-refractivity contribution >= 4 is 28.5 Å².